The highest BCUT2D eigenvalue weighted by molar-refractivity contribution is 7.91. The zero-order chi connectivity index (χ0) is 22.2. The molecule has 0 unspecified atom stereocenters. The molecule has 1 fully saturated rings. The molecular formula is C20H21N3O6S2. The maximum absolute atomic E-state index is 13.1. The lowest BCUT2D eigenvalue weighted by Gasteiger charge is -2.15. The lowest BCUT2D eigenvalue weighted by atomic mass is 9.95. The number of carbonyl (C=O) groups excluding carboxylic acids is 2. The monoisotopic (exact) mass is 463 g/mol. The predicted octanol–water partition coefficient (Wildman–Crippen LogP) is 2.70. The van der Waals surface area contributed by atoms with Crippen molar-refractivity contribution in [2.45, 2.75) is 38.1 Å². The summed E-state index contributed by atoms with van der Waals surface area (Å²) in [4.78, 5) is 37.6. The molecule has 2 amide bonds. The molecule has 1 aromatic carbocycles. The van der Waals surface area contributed by atoms with Crippen LogP contribution in [0, 0.1) is 10.1 Å². The second-order valence-corrected chi connectivity index (χ2v) is 11.1. The number of hydrogen-bond donors (Lipinski definition) is 2. The third kappa shape index (κ3) is 4.47. The Hall–Kier alpha value is -2.79. The van der Waals surface area contributed by atoms with Crippen LogP contribution in [0.4, 0.5) is 10.7 Å². The van der Waals surface area contributed by atoms with Gasteiger partial charge in [-0.2, -0.15) is 0 Å². The molecule has 31 heavy (non-hydrogen) atoms. The van der Waals surface area contributed by atoms with Gasteiger partial charge in [0, 0.05) is 17.0 Å². The molecule has 0 spiro atoms. The standard InChI is InChI=1S/C20H21N3O6S2/c24-18(13-5-1-3-7-15(13)23(26)27)22-20-17(14-6-2-4-8-16(14)30-20)19(25)21-12-9-10-31(28,29)11-12/h1,3,5,7,12H,2,4,6,8-11H2,(H,21,25)(H,22,24)/t12-/m1/s1. The van der Waals surface area contributed by atoms with Crippen molar-refractivity contribution in [3.63, 3.8) is 0 Å². The number of anilines is 1. The predicted molar refractivity (Wildman–Crippen MR) is 117 cm³/mol. The average molecular weight is 464 g/mol. The molecule has 2 N–H and O–H groups in total. The van der Waals surface area contributed by atoms with E-state index in [1.807, 2.05) is 0 Å². The van der Waals surface area contributed by atoms with Crippen LogP contribution in [0.5, 0.6) is 0 Å². The molecule has 9 nitrogen and oxygen atoms in total. The number of benzene rings is 1. The number of thiophene rings is 1. The summed E-state index contributed by atoms with van der Waals surface area (Å²) in [6.45, 7) is 0. The van der Waals surface area contributed by atoms with Gasteiger partial charge in [-0.05, 0) is 43.7 Å². The Morgan fingerprint density at radius 2 is 1.87 bits per heavy atom. The molecule has 1 saturated heterocycles. The minimum atomic E-state index is -3.15. The van der Waals surface area contributed by atoms with E-state index in [4.69, 9.17) is 0 Å². The van der Waals surface area contributed by atoms with E-state index in [0.717, 1.165) is 29.7 Å². The Bertz CT molecular complexity index is 1170. The summed E-state index contributed by atoms with van der Waals surface area (Å²) in [5, 5.41) is 17.1. The number of hydrogen-bond acceptors (Lipinski definition) is 7. The molecule has 2 heterocycles. The van der Waals surface area contributed by atoms with Gasteiger partial charge in [0.2, 0.25) is 0 Å². The molecule has 1 aliphatic carbocycles. The number of aryl methyl sites for hydroxylation is 1. The number of nitrogens with one attached hydrogen (secondary N) is 2. The Morgan fingerprint density at radius 1 is 1.13 bits per heavy atom. The number of rotatable bonds is 5. The average Bonchev–Trinajstić information content (AvgIpc) is 3.26. The first kappa shape index (κ1) is 21.4. The van der Waals surface area contributed by atoms with Crippen LogP contribution < -0.4 is 10.6 Å². The minimum Gasteiger partial charge on any atom is -0.348 e. The molecule has 0 bridgehead atoms. The fraction of sp³-hybridized carbons (Fsp3) is 0.400. The summed E-state index contributed by atoms with van der Waals surface area (Å²) >= 11 is 1.30. The van der Waals surface area contributed by atoms with Gasteiger partial charge in [0.15, 0.2) is 9.84 Å². The van der Waals surface area contributed by atoms with Gasteiger partial charge in [-0.3, -0.25) is 19.7 Å². The molecule has 1 atom stereocenters. The molecule has 2 aliphatic rings. The van der Waals surface area contributed by atoms with Crippen molar-refractivity contribution in [2.24, 2.45) is 0 Å². The Kier molecular flexibility index (Phi) is 5.80. The number of nitrogens with zero attached hydrogens (tertiary/aromatic N) is 1. The third-order valence-electron chi connectivity index (χ3n) is 5.54. The van der Waals surface area contributed by atoms with Crippen molar-refractivity contribution in [1.82, 2.24) is 5.32 Å². The minimum absolute atomic E-state index is 0.0426. The van der Waals surface area contributed by atoms with Crippen LogP contribution in [0.2, 0.25) is 0 Å². The highest BCUT2D eigenvalue weighted by Gasteiger charge is 2.32. The smallest absolute Gasteiger partial charge is 0.282 e. The van der Waals surface area contributed by atoms with Crippen molar-refractivity contribution < 1.29 is 22.9 Å². The lowest BCUT2D eigenvalue weighted by molar-refractivity contribution is -0.385. The van der Waals surface area contributed by atoms with E-state index < -0.39 is 32.6 Å². The second kappa shape index (κ2) is 8.39. The molecule has 2 aromatic rings. The zero-order valence-electron chi connectivity index (χ0n) is 16.5. The number of nitro groups is 1. The summed E-state index contributed by atoms with van der Waals surface area (Å²) in [5.74, 6) is -1.13. The van der Waals surface area contributed by atoms with Gasteiger partial charge in [-0.15, -0.1) is 11.3 Å². The maximum Gasteiger partial charge on any atom is 0.282 e. The number of para-hydroxylation sites is 1. The number of nitro benzene ring substituents is 1. The van der Waals surface area contributed by atoms with Crippen LogP contribution in [0.25, 0.3) is 0 Å². The normalized spacial score (nSPS) is 19.4. The molecule has 0 radical (unpaired) electrons. The van der Waals surface area contributed by atoms with Crippen molar-refractivity contribution in [1.29, 1.82) is 0 Å². The SMILES string of the molecule is O=C(Nc1sc2c(c1C(=O)N[C@@H]1CCS(=O)(=O)C1)CCCC2)c1ccccc1[N+](=O)[O-]. The maximum atomic E-state index is 13.1. The first-order valence-corrected chi connectivity index (χ1v) is 12.6. The quantitative estimate of drug-likeness (QED) is 0.517. The van der Waals surface area contributed by atoms with Gasteiger partial charge in [-0.1, -0.05) is 12.1 Å². The summed E-state index contributed by atoms with van der Waals surface area (Å²) < 4.78 is 23.5. The summed E-state index contributed by atoms with van der Waals surface area (Å²) in [6, 6.07) is 5.17. The third-order valence-corrected chi connectivity index (χ3v) is 8.51. The number of amides is 2. The molecule has 1 aliphatic heterocycles. The topological polar surface area (TPSA) is 135 Å². The van der Waals surface area contributed by atoms with Crippen LogP contribution in [-0.2, 0) is 22.7 Å². The Morgan fingerprint density at radius 3 is 2.58 bits per heavy atom. The number of sulfone groups is 1. The van der Waals surface area contributed by atoms with Crippen molar-refractivity contribution in [2.75, 3.05) is 16.8 Å². The van der Waals surface area contributed by atoms with E-state index in [2.05, 4.69) is 10.6 Å². The summed E-state index contributed by atoms with van der Waals surface area (Å²) in [7, 11) is -3.15. The molecule has 0 saturated carbocycles. The van der Waals surface area contributed by atoms with E-state index in [1.165, 1.54) is 35.6 Å². The Balaban J connectivity index is 1.64. The fourth-order valence-corrected chi connectivity index (χ4v) is 7.01. The van der Waals surface area contributed by atoms with Gasteiger partial charge >= 0.3 is 0 Å². The first-order valence-electron chi connectivity index (χ1n) is 9.96. The van der Waals surface area contributed by atoms with Crippen molar-refractivity contribution >= 4 is 43.7 Å². The van der Waals surface area contributed by atoms with Gasteiger partial charge in [0.25, 0.3) is 17.5 Å². The van der Waals surface area contributed by atoms with E-state index in [-0.39, 0.29) is 22.8 Å². The molecule has 4 rings (SSSR count). The molecule has 164 valence electrons. The first-order chi connectivity index (χ1) is 14.7. The highest BCUT2D eigenvalue weighted by atomic mass is 32.2. The van der Waals surface area contributed by atoms with Gasteiger partial charge in [0.05, 0.1) is 22.0 Å². The zero-order valence-corrected chi connectivity index (χ0v) is 18.2. The Labute approximate surface area is 182 Å². The van der Waals surface area contributed by atoms with Crippen LogP contribution in [0.15, 0.2) is 24.3 Å². The molecule has 1 aromatic heterocycles. The number of fused-ring (bicyclic) bond motifs is 1. The van der Waals surface area contributed by atoms with E-state index in [1.54, 1.807) is 0 Å². The number of carbonyl (C=O) groups is 2. The largest absolute Gasteiger partial charge is 0.348 e. The van der Waals surface area contributed by atoms with Gasteiger partial charge < -0.3 is 10.6 Å². The van der Waals surface area contributed by atoms with Gasteiger partial charge in [0.1, 0.15) is 10.6 Å². The highest BCUT2D eigenvalue weighted by Crippen LogP contribution is 2.38. The van der Waals surface area contributed by atoms with Gasteiger partial charge in [-0.25, -0.2) is 8.42 Å². The van der Waals surface area contributed by atoms with Crippen molar-refractivity contribution in [3.8, 4) is 0 Å². The van der Waals surface area contributed by atoms with Crippen LogP contribution in [0.1, 0.15) is 50.4 Å². The van der Waals surface area contributed by atoms with Crippen molar-refractivity contribution in [3.05, 3.63) is 55.9 Å². The summed E-state index contributed by atoms with van der Waals surface area (Å²) in [6.07, 6.45) is 3.74. The van der Waals surface area contributed by atoms with E-state index in [9.17, 15) is 28.1 Å². The summed E-state index contributed by atoms with van der Waals surface area (Å²) in [5.41, 5.74) is 0.805. The van der Waals surface area contributed by atoms with Crippen LogP contribution in [-0.4, -0.2) is 42.7 Å². The second-order valence-electron chi connectivity index (χ2n) is 7.72. The fourth-order valence-electron chi connectivity index (χ4n) is 4.06. The van der Waals surface area contributed by atoms with E-state index in [0.29, 0.717) is 23.4 Å². The molecular weight excluding hydrogens is 442 g/mol. The van der Waals surface area contributed by atoms with E-state index >= 15 is 0 Å². The molecule has 11 heteroatoms. The lowest BCUT2D eigenvalue weighted by Crippen LogP contribution is -2.36. The van der Waals surface area contributed by atoms with Crippen LogP contribution in [0.3, 0.4) is 0 Å². The van der Waals surface area contributed by atoms with Crippen LogP contribution >= 0.6 is 11.3 Å².